The van der Waals surface area contributed by atoms with Gasteiger partial charge in [-0.05, 0) is 49.9 Å². The molecule has 1 amide bonds. The monoisotopic (exact) mass is 343 g/mol. The average Bonchev–Trinajstić information content (AvgIpc) is 2.52. The molecule has 6 heteroatoms. The number of rotatable bonds is 7. The number of hydrogen-bond donors (Lipinski definition) is 2. The largest absolute Gasteiger partial charge is 0.475 e. The Hall–Kier alpha value is -2.63. The van der Waals surface area contributed by atoms with Gasteiger partial charge in [0.25, 0.3) is 11.5 Å². The first kappa shape index (κ1) is 18.7. The van der Waals surface area contributed by atoms with Crippen LogP contribution in [0, 0.1) is 12.8 Å². The number of carbonyl (C=O) groups is 1. The van der Waals surface area contributed by atoms with Crippen molar-refractivity contribution < 1.29 is 9.53 Å². The van der Waals surface area contributed by atoms with Gasteiger partial charge >= 0.3 is 0 Å². The molecule has 0 aliphatic carbocycles. The highest BCUT2D eigenvalue weighted by Crippen LogP contribution is 2.15. The molecule has 0 radical (unpaired) electrons. The summed E-state index contributed by atoms with van der Waals surface area (Å²) >= 11 is 0. The Morgan fingerprint density at radius 3 is 2.72 bits per heavy atom. The second-order valence-corrected chi connectivity index (χ2v) is 6.63. The minimum Gasteiger partial charge on any atom is -0.475 e. The van der Waals surface area contributed by atoms with Gasteiger partial charge in [-0.3, -0.25) is 9.59 Å². The zero-order valence-electron chi connectivity index (χ0n) is 15.1. The lowest BCUT2D eigenvalue weighted by Crippen LogP contribution is -2.29. The molecular weight excluding hydrogens is 318 g/mol. The van der Waals surface area contributed by atoms with Crippen LogP contribution in [-0.2, 0) is 6.54 Å². The number of amides is 1. The van der Waals surface area contributed by atoms with Gasteiger partial charge in [-0.15, -0.1) is 0 Å². The van der Waals surface area contributed by atoms with Crippen LogP contribution >= 0.6 is 0 Å². The topological polar surface area (TPSA) is 84.1 Å². The van der Waals surface area contributed by atoms with Crippen LogP contribution in [0.25, 0.3) is 0 Å². The Morgan fingerprint density at radius 2 is 2.04 bits per heavy atom. The lowest BCUT2D eigenvalue weighted by Gasteiger charge is -2.16. The Labute approximate surface area is 147 Å². The minimum atomic E-state index is -0.409. The first-order valence-electron chi connectivity index (χ1n) is 8.45. The SMILES string of the molecule is Cc1ccc(C(=O)NCc2ccnc(OC(C)CC(C)C)c2)c(=O)[nH]1. The molecule has 0 aliphatic rings. The second kappa shape index (κ2) is 8.46. The third-order valence-electron chi connectivity index (χ3n) is 3.68. The molecule has 0 bridgehead atoms. The predicted molar refractivity (Wildman–Crippen MR) is 96.8 cm³/mol. The number of H-pyrrole nitrogens is 1. The van der Waals surface area contributed by atoms with Crippen LogP contribution in [-0.4, -0.2) is 22.0 Å². The molecule has 0 fully saturated rings. The van der Waals surface area contributed by atoms with E-state index in [0.717, 1.165) is 12.0 Å². The third kappa shape index (κ3) is 5.74. The maximum absolute atomic E-state index is 12.2. The number of aromatic amines is 1. The molecule has 1 atom stereocenters. The molecule has 2 aromatic rings. The van der Waals surface area contributed by atoms with E-state index in [-0.39, 0.29) is 11.7 Å². The summed E-state index contributed by atoms with van der Waals surface area (Å²) in [5.41, 5.74) is 1.28. The maximum Gasteiger partial charge on any atom is 0.260 e. The Morgan fingerprint density at radius 1 is 1.28 bits per heavy atom. The molecule has 2 N–H and O–H groups in total. The van der Waals surface area contributed by atoms with Gasteiger partial charge in [-0.2, -0.15) is 0 Å². The highest BCUT2D eigenvalue weighted by atomic mass is 16.5. The molecule has 25 heavy (non-hydrogen) atoms. The zero-order chi connectivity index (χ0) is 18.4. The zero-order valence-corrected chi connectivity index (χ0v) is 15.1. The number of aromatic nitrogens is 2. The number of nitrogens with zero attached hydrogens (tertiary/aromatic N) is 1. The van der Waals surface area contributed by atoms with Gasteiger partial charge in [-0.1, -0.05) is 13.8 Å². The van der Waals surface area contributed by atoms with Gasteiger partial charge in [0, 0.05) is 24.5 Å². The molecule has 2 aromatic heterocycles. The standard InChI is InChI=1S/C19H25N3O3/c1-12(2)9-14(4)25-17-10-15(7-8-20-17)11-21-18(23)16-6-5-13(3)22-19(16)24/h5-8,10,12,14H,9,11H2,1-4H3,(H,21,23)(H,22,24). The molecule has 2 rings (SSSR count). The molecule has 0 aromatic carbocycles. The van der Waals surface area contributed by atoms with Gasteiger partial charge in [0.15, 0.2) is 0 Å². The van der Waals surface area contributed by atoms with Gasteiger partial charge < -0.3 is 15.0 Å². The number of aryl methyl sites for hydroxylation is 1. The van der Waals surface area contributed by atoms with Crippen molar-refractivity contribution in [1.82, 2.24) is 15.3 Å². The summed E-state index contributed by atoms with van der Waals surface area (Å²) in [5.74, 6) is 0.673. The van der Waals surface area contributed by atoms with Gasteiger partial charge in [0.1, 0.15) is 5.56 Å². The number of carbonyl (C=O) groups excluding carboxylic acids is 1. The second-order valence-electron chi connectivity index (χ2n) is 6.63. The summed E-state index contributed by atoms with van der Waals surface area (Å²) in [6.45, 7) is 8.36. The molecule has 0 saturated heterocycles. The number of ether oxygens (including phenoxy) is 1. The Balaban J connectivity index is 1.97. The van der Waals surface area contributed by atoms with E-state index < -0.39 is 11.5 Å². The van der Waals surface area contributed by atoms with E-state index in [1.807, 2.05) is 6.92 Å². The van der Waals surface area contributed by atoms with Crippen molar-refractivity contribution >= 4 is 5.91 Å². The van der Waals surface area contributed by atoms with E-state index in [0.29, 0.717) is 24.0 Å². The van der Waals surface area contributed by atoms with Crippen molar-refractivity contribution in [3.05, 3.63) is 57.6 Å². The van der Waals surface area contributed by atoms with Crippen LogP contribution in [0.2, 0.25) is 0 Å². The van der Waals surface area contributed by atoms with E-state index in [9.17, 15) is 9.59 Å². The molecular formula is C19H25N3O3. The number of nitrogens with one attached hydrogen (secondary N) is 2. The summed E-state index contributed by atoms with van der Waals surface area (Å²) in [6.07, 6.45) is 2.67. The van der Waals surface area contributed by atoms with Crippen LogP contribution < -0.4 is 15.6 Å². The van der Waals surface area contributed by atoms with Crippen LogP contribution in [0.3, 0.4) is 0 Å². The number of pyridine rings is 2. The highest BCUT2D eigenvalue weighted by molar-refractivity contribution is 5.93. The predicted octanol–water partition coefficient (Wildman–Crippen LogP) is 2.82. The molecule has 1 unspecified atom stereocenters. The van der Waals surface area contributed by atoms with Crippen molar-refractivity contribution in [1.29, 1.82) is 0 Å². The normalized spacial score (nSPS) is 12.0. The lowest BCUT2D eigenvalue weighted by atomic mass is 10.1. The van der Waals surface area contributed by atoms with Crippen molar-refractivity contribution in [2.24, 2.45) is 5.92 Å². The Bertz CT molecular complexity index is 783. The van der Waals surface area contributed by atoms with Crippen LogP contribution in [0.1, 0.15) is 48.8 Å². The van der Waals surface area contributed by atoms with Crippen molar-refractivity contribution in [3.8, 4) is 5.88 Å². The van der Waals surface area contributed by atoms with Crippen molar-refractivity contribution in [3.63, 3.8) is 0 Å². The quantitative estimate of drug-likeness (QED) is 0.810. The van der Waals surface area contributed by atoms with E-state index >= 15 is 0 Å². The van der Waals surface area contributed by atoms with Crippen LogP contribution in [0.5, 0.6) is 5.88 Å². The fourth-order valence-corrected chi connectivity index (χ4v) is 2.57. The van der Waals surface area contributed by atoms with Crippen LogP contribution in [0.15, 0.2) is 35.3 Å². The van der Waals surface area contributed by atoms with E-state index in [1.165, 1.54) is 6.07 Å². The van der Waals surface area contributed by atoms with Crippen LogP contribution in [0.4, 0.5) is 0 Å². The number of hydrogen-bond acceptors (Lipinski definition) is 4. The van der Waals surface area contributed by atoms with Crippen molar-refractivity contribution in [2.45, 2.75) is 46.8 Å². The molecule has 2 heterocycles. The Kier molecular flexibility index (Phi) is 6.33. The molecule has 6 nitrogen and oxygen atoms in total. The fourth-order valence-electron chi connectivity index (χ4n) is 2.57. The smallest absolute Gasteiger partial charge is 0.260 e. The maximum atomic E-state index is 12.2. The summed E-state index contributed by atoms with van der Waals surface area (Å²) in [6, 6.07) is 6.83. The van der Waals surface area contributed by atoms with E-state index in [1.54, 1.807) is 31.3 Å². The fraction of sp³-hybridized carbons (Fsp3) is 0.421. The summed E-state index contributed by atoms with van der Waals surface area (Å²) in [4.78, 5) is 30.8. The first-order valence-corrected chi connectivity index (χ1v) is 8.45. The van der Waals surface area contributed by atoms with Gasteiger partial charge in [0.2, 0.25) is 5.88 Å². The van der Waals surface area contributed by atoms with E-state index in [4.69, 9.17) is 4.74 Å². The van der Waals surface area contributed by atoms with E-state index in [2.05, 4.69) is 29.1 Å². The minimum absolute atomic E-state index is 0.0726. The van der Waals surface area contributed by atoms with Gasteiger partial charge in [0.05, 0.1) is 6.10 Å². The third-order valence-corrected chi connectivity index (χ3v) is 3.68. The molecule has 134 valence electrons. The summed E-state index contributed by atoms with van der Waals surface area (Å²) in [5, 5.41) is 2.75. The summed E-state index contributed by atoms with van der Waals surface area (Å²) in [7, 11) is 0. The highest BCUT2D eigenvalue weighted by Gasteiger charge is 2.11. The molecule has 0 spiro atoms. The van der Waals surface area contributed by atoms with Crippen molar-refractivity contribution in [2.75, 3.05) is 0 Å². The lowest BCUT2D eigenvalue weighted by molar-refractivity contribution is 0.0949. The summed E-state index contributed by atoms with van der Waals surface area (Å²) < 4.78 is 5.81. The first-order chi connectivity index (χ1) is 11.8. The van der Waals surface area contributed by atoms with Gasteiger partial charge in [-0.25, -0.2) is 4.98 Å². The molecule has 0 saturated carbocycles. The average molecular weight is 343 g/mol. The molecule has 0 aliphatic heterocycles.